The first-order valence-corrected chi connectivity index (χ1v) is 9.23. The highest BCUT2D eigenvalue weighted by atomic mass is 16.3. The summed E-state index contributed by atoms with van der Waals surface area (Å²) in [6, 6.07) is 24.0. The molecule has 3 aromatic rings. The summed E-state index contributed by atoms with van der Waals surface area (Å²) < 4.78 is 0. The van der Waals surface area contributed by atoms with Crippen LogP contribution in [0.25, 0.3) is 0 Å². The molecule has 0 unspecified atom stereocenters. The Morgan fingerprint density at radius 2 is 1.22 bits per heavy atom. The zero-order valence-corrected chi connectivity index (χ0v) is 16.4. The van der Waals surface area contributed by atoms with Gasteiger partial charge in [0.05, 0.1) is 5.56 Å². The Morgan fingerprint density at radius 3 is 1.63 bits per heavy atom. The van der Waals surface area contributed by atoms with Gasteiger partial charge in [-0.3, -0.25) is 4.79 Å². The van der Waals surface area contributed by atoms with E-state index in [0.717, 1.165) is 28.5 Å². The van der Waals surface area contributed by atoms with Gasteiger partial charge in [-0.2, -0.15) is 0 Å². The molecule has 3 aromatic carbocycles. The van der Waals surface area contributed by atoms with Crippen LogP contribution in [0.5, 0.6) is 5.75 Å². The molecule has 27 heavy (non-hydrogen) atoms. The predicted octanol–water partition coefficient (Wildman–Crippen LogP) is 5.86. The monoisotopic (exact) mass is 358 g/mol. The number of rotatable bonds is 4. The molecule has 2 nitrogen and oxygen atoms in total. The van der Waals surface area contributed by atoms with Crippen LogP contribution in [0, 0.1) is 0 Å². The van der Waals surface area contributed by atoms with Gasteiger partial charge in [0.25, 0.3) is 0 Å². The van der Waals surface area contributed by atoms with Crippen molar-refractivity contribution in [2.24, 2.45) is 0 Å². The molecule has 0 saturated carbocycles. The minimum Gasteiger partial charge on any atom is -0.507 e. The number of carbonyl (C=O) groups excluding carboxylic acids is 1. The lowest BCUT2D eigenvalue weighted by Crippen LogP contribution is -2.30. The van der Waals surface area contributed by atoms with Gasteiger partial charge in [-0.25, -0.2) is 0 Å². The second-order valence-electron chi connectivity index (χ2n) is 8.15. The zero-order valence-electron chi connectivity index (χ0n) is 16.4. The standard InChI is InChI=1S/C25H26O2/c1-24(2,3)21-16-15-18(17-26)23(27)22(21)25(4,19-11-7-5-8-12-19)20-13-9-6-10-14-20/h5-17,27H,1-4H3. The Hall–Kier alpha value is -2.87. The summed E-state index contributed by atoms with van der Waals surface area (Å²) >= 11 is 0. The van der Waals surface area contributed by atoms with Crippen molar-refractivity contribution in [1.29, 1.82) is 0 Å². The number of phenols is 1. The summed E-state index contributed by atoms with van der Waals surface area (Å²) in [4.78, 5) is 11.6. The van der Waals surface area contributed by atoms with Crippen LogP contribution in [-0.2, 0) is 10.8 Å². The van der Waals surface area contributed by atoms with Crippen LogP contribution in [0.3, 0.4) is 0 Å². The van der Waals surface area contributed by atoms with E-state index in [4.69, 9.17) is 0 Å². The highest BCUT2D eigenvalue weighted by Gasteiger charge is 2.38. The van der Waals surface area contributed by atoms with Crippen molar-refractivity contribution in [3.63, 3.8) is 0 Å². The Balaban J connectivity index is 2.47. The van der Waals surface area contributed by atoms with Gasteiger partial charge in [-0.1, -0.05) is 87.5 Å². The second-order valence-corrected chi connectivity index (χ2v) is 8.15. The largest absolute Gasteiger partial charge is 0.507 e. The van der Waals surface area contributed by atoms with Crippen molar-refractivity contribution in [2.45, 2.75) is 38.5 Å². The van der Waals surface area contributed by atoms with Crippen LogP contribution in [0.4, 0.5) is 0 Å². The number of benzene rings is 3. The van der Waals surface area contributed by atoms with Gasteiger partial charge in [0, 0.05) is 11.0 Å². The fourth-order valence-corrected chi connectivity index (χ4v) is 3.83. The molecule has 0 aliphatic carbocycles. The van der Waals surface area contributed by atoms with Crippen molar-refractivity contribution >= 4 is 6.29 Å². The van der Waals surface area contributed by atoms with E-state index in [9.17, 15) is 9.90 Å². The molecule has 0 spiro atoms. The summed E-state index contributed by atoms with van der Waals surface area (Å²) in [6.07, 6.45) is 0.724. The lowest BCUT2D eigenvalue weighted by Gasteiger charge is -2.37. The summed E-state index contributed by atoms with van der Waals surface area (Å²) in [7, 11) is 0. The molecule has 2 heteroatoms. The molecular formula is C25H26O2. The highest BCUT2D eigenvalue weighted by Crippen LogP contribution is 2.47. The molecule has 0 radical (unpaired) electrons. The SMILES string of the molecule is CC(C)(C)c1ccc(C=O)c(O)c1C(C)(c1ccccc1)c1ccccc1. The molecule has 138 valence electrons. The van der Waals surface area contributed by atoms with Crippen LogP contribution < -0.4 is 0 Å². The van der Waals surface area contributed by atoms with Gasteiger partial charge in [0.1, 0.15) is 5.75 Å². The maximum atomic E-state index is 11.6. The number of aldehydes is 1. The molecule has 0 aliphatic rings. The molecule has 0 atom stereocenters. The van der Waals surface area contributed by atoms with Crippen LogP contribution in [0.1, 0.15) is 60.3 Å². The van der Waals surface area contributed by atoms with E-state index in [0.29, 0.717) is 5.56 Å². The molecule has 3 rings (SSSR count). The fourth-order valence-electron chi connectivity index (χ4n) is 3.83. The van der Waals surface area contributed by atoms with E-state index >= 15 is 0 Å². The van der Waals surface area contributed by atoms with E-state index < -0.39 is 5.41 Å². The summed E-state index contributed by atoms with van der Waals surface area (Å²) in [5.41, 5.74) is 3.47. The first-order chi connectivity index (χ1) is 12.8. The first kappa shape index (κ1) is 18.9. The van der Waals surface area contributed by atoms with Crippen LogP contribution >= 0.6 is 0 Å². The number of hydrogen-bond acceptors (Lipinski definition) is 2. The molecule has 1 N–H and O–H groups in total. The smallest absolute Gasteiger partial charge is 0.153 e. The fraction of sp³-hybridized carbons (Fsp3) is 0.240. The molecule has 0 saturated heterocycles. The minimum absolute atomic E-state index is 0.0626. The van der Waals surface area contributed by atoms with Gasteiger partial charge < -0.3 is 5.11 Å². The van der Waals surface area contributed by atoms with Crippen LogP contribution in [-0.4, -0.2) is 11.4 Å². The molecular weight excluding hydrogens is 332 g/mol. The Morgan fingerprint density at radius 1 is 0.741 bits per heavy atom. The predicted molar refractivity (Wildman–Crippen MR) is 111 cm³/mol. The molecule has 0 fully saturated rings. The third-order valence-electron chi connectivity index (χ3n) is 5.35. The Bertz CT molecular complexity index is 896. The van der Waals surface area contributed by atoms with Crippen molar-refractivity contribution in [2.75, 3.05) is 0 Å². The summed E-state index contributed by atoms with van der Waals surface area (Å²) in [5.74, 6) is 0.0626. The molecule has 0 bridgehead atoms. The lowest BCUT2D eigenvalue weighted by atomic mass is 9.66. The number of phenolic OH excluding ortho intramolecular Hbond substituents is 1. The van der Waals surface area contributed by atoms with E-state index in [1.165, 1.54) is 0 Å². The third kappa shape index (κ3) is 3.28. The van der Waals surface area contributed by atoms with E-state index in [1.807, 2.05) is 42.5 Å². The zero-order chi connectivity index (χ0) is 19.7. The molecule has 0 heterocycles. The topological polar surface area (TPSA) is 37.3 Å². The average molecular weight is 358 g/mol. The van der Waals surface area contributed by atoms with Gasteiger partial charge in [0.2, 0.25) is 0 Å². The van der Waals surface area contributed by atoms with Crippen LogP contribution in [0.15, 0.2) is 72.8 Å². The Labute approximate surface area is 161 Å². The number of carbonyl (C=O) groups is 1. The van der Waals surface area contributed by atoms with Crippen molar-refractivity contribution < 1.29 is 9.90 Å². The number of aromatic hydroxyl groups is 1. The number of hydrogen-bond donors (Lipinski definition) is 1. The average Bonchev–Trinajstić information content (AvgIpc) is 2.67. The van der Waals surface area contributed by atoms with E-state index in [2.05, 4.69) is 52.0 Å². The van der Waals surface area contributed by atoms with Gasteiger partial charge in [-0.05, 0) is 35.1 Å². The summed E-state index contributed by atoms with van der Waals surface area (Å²) in [6.45, 7) is 8.50. The second kappa shape index (κ2) is 7.03. The van der Waals surface area contributed by atoms with E-state index in [1.54, 1.807) is 6.07 Å². The van der Waals surface area contributed by atoms with Gasteiger partial charge in [0.15, 0.2) is 6.29 Å². The van der Waals surface area contributed by atoms with E-state index in [-0.39, 0.29) is 11.2 Å². The molecule has 0 aliphatic heterocycles. The third-order valence-corrected chi connectivity index (χ3v) is 5.35. The first-order valence-electron chi connectivity index (χ1n) is 9.23. The highest BCUT2D eigenvalue weighted by molar-refractivity contribution is 5.82. The maximum absolute atomic E-state index is 11.6. The maximum Gasteiger partial charge on any atom is 0.153 e. The van der Waals surface area contributed by atoms with Crippen molar-refractivity contribution in [3.05, 3.63) is 101 Å². The van der Waals surface area contributed by atoms with Gasteiger partial charge in [-0.15, -0.1) is 0 Å². The normalized spacial score (nSPS) is 12.0. The van der Waals surface area contributed by atoms with Crippen LogP contribution in [0.2, 0.25) is 0 Å². The minimum atomic E-state index is -0.603. The molecule has 0 amide bonds. The van der Waals surface area contributed by atoms with Crippen molar-refractivity contribution in [3.8, 4) is 5.75 Å². The molecule has 0 aromatic heterocycles. The van der Waals surface area contributed by atoms with Crippen molar-refractivity contribution in [1.82, 2.24) is 0 Å². The summed E-state index contributed by atoms with van der Waals surface area (Å²) in [5, 5.41) is 11.2. The quantitative estimate of drug-likeness (QED) is 0.469. The lowest BCUT2D eigenvalue weighted by molar-refractivity contribution is 0.112. The van der Waals surface area contributed by atoms with Gasteiger partial charge >= 0.3 is 0 Å². The Kier molecular flexibility index (Phi) is 4.93.